The van der Waals surface area contributed by atoms with Gasteiger partial charge in [0.05, 0.1) is 12.1 Å². The fraction of sp³-hybridized carbons (Fsp3) is 0.478. The van der Waals surface area contributed by atoms with Gasteiger partial charge in [0, 0.05) is 38.2 Å². The normalized spacial score (nSPS) is 14.5. The number of hydrogen-bond acceptors (Lipinski definition) is 2. The number of nitrogens with two attached hydrogens (primary N) is 2. The first kappa shape index (κ1) is 52.7. The van der Waals surface area contributed by atoms with Crippen molar-refractivity contribution in [2.75, 3.05) is 26.4 Å². The predicted molar refractivity (Wildman–Crippen MR) is 237 cm³/mol. The fourth-order valence-electron chi connectivity index (χ4n) is 5.99. The zero-order valence-electron chi connectivity index (χ0n) is 36.4. The summed E-state index contributed by atoms with van der Waals surface area (Å²) < 4.78 is 9.89. The van der Waals surface area contributed by atoms with E-state index in [0.29, 0.717) is 24.2 Å². The molecule has 0 spiro atoms. The van der Waals surface area contributed by atoms with Crippen molar-refractivity contribution in [3.8, 4) is 0 Å². The minimum absolute atomic E-state index is 0. The summed E-state index contributed by atoms with van der Waals surface area (Å²) in [6.07, 6.45) is 5.11. The van der Waals surface area contributed by atoms with E-state index in [0.717, 1.165) is 26.4 Å². The van der Waals surface area contributed by atoms with Crippen LogP contribution in [0.5, 0.6) is 0 Å². The molecule has 56 heavy (non-hydrogen) atoms. The van der Waals surface area contributed by atoms with Crippen LogP contribution in [0.2, 0.25) is 0 Å². The van der Waals surface area contributed by atoms with Gasteiger partial charge in [-0.1, -0.05) is 149 Å². The topological polar surface area (TPSA) is 79.9 Å². The Morgan fingerprint density at radius 2 is 0.643 bits per heavy atom. The third-order valence-electron chi connectivity index (χ3n) is 8.34. The quantitative estimate of drug-likeness (QED) is 0.152. The molecule has 0 saturated carbocycles. The minimum Gasteiger partial charge on any atom is -0.603 e. The zero-order valence-corrected chi connectivity index (χ0v) is 38.2. The van der Waals surface area contributed by atoms with E-state index >= 15 is 0 Å². The van der Waals surface area contributed by atoms with E-state index in [4.69, 9.17) is 20.1 Å². The van der Waals surface area contributed by atoms with Gasteiger partial charge in [-0.3, -0.25) is 0 Å². The SMILES string of the molecule is C1CCOC1.C1CCOC1.CC(C)[N-]C([NH2+]C(C)C)P(c1ccccc1)c1ccccc1.CC(C)[N-]C([NH2+]C(C)C)P(c1ccccc1)c1ccccc1.[Li+].[Li+]. The second-order valence-electron chi connectivity index (χ2n) is 14.9. The number of quaternary nitrogens is 2. The summed E-state index contributed by atoms with van der Waals surface area (Å²) in [6.45, 7) is 21.7. The van der Waals surface area contributed by atoms with Crippen LogP contribution < -0.4 is 69.6 Å². The Labute approximate surface area is 368 Å². The Bertz CT molecular complexity index is 1240. The summed E-state index contributed by atoms with van der Waals surface area (Å²) in [7, 11) is -1.00. The van der Waals surface area contributed by atoms with Crippen molar-refractivity contribution in [2.24, 2.45) is 0 Å². The van der Waals surface area contributed by atoms with Crippen molar-refractivity contribution >= 4 is 37.1 Å². The van der Waals surface area contributed by atoms with E-state index in [1.165, 1.54) is 46.9 Å². The van der Waals surface area contributed by atoms with Gasteiger partial charge >= 0.3 is 37.7 Å². The molecule has 0 radical (unpaired) electrons. The van der Waals surface area contributed by atoms with Crippen LogP contribution in [0.1, 0.15) is 81.1 Å². The smallest absolute Gasteiger partial charge is 0.603 e. The molecular weight excluding hydrogens is 716 g/mol. The first-order valence-corrected chi connectivity index (χ1v) is 23.0. The molecule has 0 aliphatic carbocycles. The second-order valence-corrected chi connectivity index (χ2v) is 19.5. The third-order valence-corrected chi connectivity index (χ3v) is 13.4. The van der Waals surface area contributed by atoms with Gasteiger partial charge < -0.3 is 30.7 Å². The Balaban J connectivity index is 0.000000434. The molecule has 2 saturated heterocycles. The Morgan fingerprint density at radius 3 is 0.804 bits per heavy atom. The van der Waals surface area contributed by atoms with Crippen molar-refractivity contribution in [2.45, 2.75) is 117 Å². The maximum Gasteiger partial charge on any atom is 1.00 e. The summed E-state index contributed by atoms with van der Waals surface area (Å²) in [5.74, 6) is 0.527. The molecule has 2 fully saturated rings. The number of ether oxygens (including phenoxy) is 2. The van der Waals surface area contributed by atoms with Crippen LogP contribution in [0, 0.1) is 0 Å². The predicted octanol–water partition coefficient (Wildman–Crippen LogP) is 1.92. The summed E-state index contributed by atoms with van der Waals surface area (Å²) in [5, 5.41) is 20.5. The van der Waals surface area contributed by atoms with Crippen molar-refractivity contribution in [1.82, 2.24) is 0 Å². The Hall–Kier alpha value is -1.31. The van der Waals surface area contributed by atoms with Gasteiger partial charge in [-0.2, -0.15) is 0 Å². The first-order valence-electron chi connectivity index (χ1n) is 20.2. The van der Waals surface area contributed by atoms with Crippen LogP contribution in [0.15, 0.2) is 121 Å². The Morgan fingerprint density at radius 1 is 0.411 bits per heavy atom. The summed E-state index contributed by atoms with van der Waals surface area (Å²) in [5.41, 5.74) is 0. The van der Waals surface area contributed by atoms with Gasteiger partial charge in [-0.25, -0.2) is 0 Å². The van der Waals surface area contributed by atoms with E-state index in [1.54, 1.807) is 0 Å². The maximum atomic E-state index is 5.04. The fourth-order valence-corrected chi connectivity index (χ4v) is 11.6. The molecule has 2 atom stereocenters. The van der Waals surface area contributed by atoms with Crippen LogP contribution in [0.25, 0.3) is 10.6 Å². The molecule has 6 nitrogen and oxygen atoms in total. The summed E-state index contributed by atoms with van der Waals surface area (Å²) in [6, 6.07) is 45.1. The molecule has 0 amide bonds. The molecule has 2 aliphatic rings. The molecule has 6 rings (SSSR count). The number of rotatable bonds is 14. The molecule has 10 heteroatoms. The maximum absolute atomic E-state index is 5.04. The average molecular weight is 787 g/mol. The van der Waals surface area contributed by atoms with E-state index in [1.807, 2.05) is 0 Å². The molecule has 0 aromatic heterocycles. The van der Waals surface area contributed by atoms with Gasteiger partial charge in [0.25, 0.3) is 0 Å². The van der Waals surface area contributed by atoms with E-state index in [-0.39, 0.29) is 49.5 Å². The largest absolute Gasteiger partial charge is 1.00 e. The Kier molecular flexibility index (Phi) is 29.7. The van der Waals surface area contributed by atoms with Crippen LogP contribution >= 0.6 is 15.8 Å². The van der Waals surface area contributed by atoms with Crippen LogP contribution in [-0.4, -0.2) is 62.4 Å². The number of nitrogens with zero attached hydrogens (tertiary/aromatic N) is 2. The van der Waals surface area contributed by atoms with Crippen molar-refractivity contribution in [3.05, 3.63) is 132 Å². The van der Waals surface area contributed by atoms with Crippen molar-refractivity contribution in [1.29, 1.82) is 0 Å². The molecule has 4 aromatic rings. The third kappa shape index (κ3) is 21.6. The molecule has 2 aliphatic heterocycles. The average Bonchev–Trinajstić information content (AvgIpc) is 3.94. The standard InChI is InChI=1S/2C19H26N2P.2C4H8O.2Li/c2*1-15(2)20-19(21-16(3)4)22(17-11-7-5-8-12-17)18-13-9-6-10-14-18;2*1-2-4-5-3-1;;/h2*5-16,19-20H,1-4H3;2*1-4H2;;/q2*-1;;;2*+1/p+2. The summed E-state index contributed by atoms with van der Waals surface area (Å²) in [4.78, 5) is 0. The van der Waals surface area contributed by atoms with Gasteiger partial charge in [0.1, 0.15) is 0 Å². The van der Waals surface area contributed by atoms with Crippen LogP contribution in [0.3, 0.4) is 0 Å². The monoisotopic (exact) mass is 787 g/mol. The van der Waals surface area contributed by atoms with Gasteiger partial charge in [0.2, 0.25) is 0 Å². The molecule has 2 heterocycles. The molecule has 4 aromatic carbocycles. The van der Waals surface area contributed by atoms with Crippen LogP contribution in [-0.2, 0) is 9.47 Å². The number of benzene rings is 4. The van der Waals surface area contributed by atoms with Gasteiger partial charge in [0.15, 0.2) is 0 Å². The van der Waals surface area contributed by atoms with Crippen molar-refractivity contribution < 1.29 is 57.8 Å². The minimum atomic E-state index is -0.502. The molecule has 296 valence electrons. The van der Waals surface area contributed by atoms with E-state index in [2.05, 4.69) is 187 Å². The second kappa shape index (κ2) is 31.6. The number of hydrogen-bond donors (Lipinski definition) is 2. The van der Waals surface area contributed by atoms with Gasteiger partial charge in [-0.15, -0.1) is 12.1 Å². The van der Waals surface area contributed by atoms with Gasteiger partial charge in [-0.05, 0) is 90.4 Å². The molecule has 0 bridgehead atoms. The molecule has 2 unspecified atom stereocenters. The molecular formula is C46H70Li2N4O2P2+2. The van der Waals surface area contributed by atoms with E-state index in [9.17, 15) is 0 Å². The van der Waals surface area contributed by atoms with Crippen LogP contribution in [0.4, 0.5) is 0 Å². The zero-order chi connectivity index (χ0) is 39.0. The molecule has 4 N–H and O–H groups in total. The van der Waals surface area contributed by atoms with Crippen molar-refractivity contribution in [3.63, 3.8) is 0 Å². The van der Waals surface area contributed by atoms with E-state index < -0.39 is 15.8 Å². The first-order chi connectivity index (χ1) is 26.2. The summed E-state index contributed by atoms with van der Waals surface area (Å²) >= 11 is 0.